The van der Waals surface area contributed by atoms with Crippen molar-refractivity contribution < 1.29 is 0 Å². The Kier molecular flexibility index (Phi) is 4.62. The topological polar surface area (TPSA) is 29.9 Å². The molecule has 1 aliphatic heterocycles. The van der Waals surface area contributed by atoms with Gasteiger partial charge in [0.25, 0.3) is 0 Å². The highest BCUT2D eigenvalue weighted by atomic mass is 32.1. The van der Waals surface area contributed by atoms with E-state index in [9.17, 15) is 0 Å². The maximum Gasteiger partial charge on any atom is 0.157 e. The van der Waals surface area contributed by atoms with Gasteiger partial charge in [0.2, 0.25) is 0 Å². The third kappa shape index (κ3) is 3.55. The van der Waals surface area contributed by atoms with Crippen LogP contribution >= 0.6 is 11.3 Å². The number of nitrogens with one attached hydrogen (secondary N) is 1. The van der Waals surface area contributed by atoms with Crippen LogP contribution in [0.1, 0.15) is 21.7 Å². The van der Waals surface area contributed by atoms with Crippen LogP contribution in [0, 0.1) is 0 Å². The zero-order chi connectivity index (χ0) is 19.6. The minimum atomic E-state index is 0.792. The van der Waals surface area contributed by atoms with Crippen molar-refractivity contribution in [3.63, 3.8) is 0 Å². The Hall–Kier alpha value is -3.37. The second kappa shape index (κ2) is 7.57. The molecule has 142 valence electrons. The lowest BCUT2D eigenvalue weighted by molar-refractivity contribution is 0.944. The van der Waals surface area contributed by atoms with Crippen LogP contribution in [0.2, 0.25) is 0 Å². The van der Waals surface area contributed by atoms with Gasteiger partial charge in [-0.1, -0.05) is 73.3 Å². The Morgan fingerprint density at radius 1 is 0.897 bits per heavy atom. The summed E-state index contributed by atoms with van der Waals surface area (Å²) in [6.07, 6.45) is 3.72. The lowest BCUT2D eigenvalue weighted by Crippen LogP contribution is -2.35. The van der Waals surface area contributed by atoms with Gasteiger partial charge in [-0.15, -0.1) is 11.3 Å². The molecule has 5 rings (SSSR count). The molecule has 0 amide bonds. The van der Waals surface area contributed by atoms with Crippen LogP contribution in [-0.4, -0.2) is 9.55 Å². The van der Waals surface area contributed by atoms with Gasteiger partial charge in [-0.3, -0.25) is 4.57 Å². The summed E-state index contributed by atoms with van der Waals surface area (Å²) in [7, 11) is 0. The number of thiophene rings is 1. The molecule has 0 radical (unpaired) electrons. The van der Waals surface area contributed by atoms with Gasteiger partial charge in [0.15, 0.2) is 5.48 Å². The number of rotatable bonds is 5. The molecular formula is C25H21N3S. The lowest BCUT2D eigenvalue weighted by Gasteiger charge is -2.19. The van der Waals surface area contributed by atoms with Crippen molar-refractivity contribution in [1.82, 2.24) is 14.9 Å². The summed E-state index contributed by atoms with van der Waals surface area (Å²) >= 11 is 1.76. The standard InChI is InChI=1S/C25H21N3S/c1-18-22(16-21-13-8-14-29-21)27-25-23(15-19-9-4-2-5-10-19)26-24(17-28(18)25)20-11-6-3-7-12-20/h2-14,17,26H,1,15-16H2. The van der Waals surface area contributed by atoms with Gasteiger partial charge in [0, 0.05) is 23.9 Å². The van der Waals surface area contributed by atoms with E-state index in [-0.39, 0.29) is 0 Å². The smallest absolute Gasteiger partial charge is 0.157 e. The number of aromatic nitrogens is 2. The second-order valence-corrected chi connectivity index (χ2v) is 8.16. The molecule has 2 aromatic heterocycles. The van der Waals surface area contributed by atoms with Crippen molar-refractivity contribution in [2.24, 2.45) is 0 Å². The van der Waals surface area contributed by atoms with Crippen LogP contribution in [0.25, 0.3) is 24.2 Å². The SMILES string of the molecule is C=c1c(Cc2cccs2)nc2n1C=C(c1ccccc1)NC=2Cc1ccccc1. The zero-order valence-corrected chi connectivity index (χ0v) is 16.8. The minimum absolute atomic E-state index is 0.792. The molecule has 1 N–H and O–H groups in total. The van der Waals surface area contributed by atoms with Crippen molar-refractivity contribution in [1.29, 1.82) is 0 Å². The highest BCUT2D eigenvalue weighted by Gasteiger charge is 2.17. The summed E-state index contributed by atoms with van der Waals surface area (Å²) in [5.74, 6) is 0. The van der Waals surface area contributed by atoms with E-state index in [1.54, 1.807) is 11.3 Å². The average molecular weight is 396 g/mol. The van der Waals surface area contributed by atoms with Crippen molar-refractivity contribution >= 4 is 35.5 Å². The quantitative estimate of drug-likeness (QED) is 0.556. The molecule has 0 fully saturated rings. The van der Waals surface area contributed by atoms with Crippen LogP contribution < -0.4 is 16.1 Å². The first-order chi connectivity index (χ1) is 14.3. The molecule has 4 aromatic rings. The van der Waals surface area contributed by atoms with Crippen molar-refractivity contribution in [2.45, 2.75) is 12.8 Å². The monoisotopic (exact) mass is 395 g/mol. The lowest BCUT2D eigenvalue weighted by atomic mass is 10.1. The molecule has 0 saturated carbocycles. The van der Waals surface area contributed by atoms with E-state index in [0.717, 1.165) is 46.3 Å². The number of imidazole rings is 1. The molecule has 0 atom stereocenters. The fourth-order valence-corrected chi connectivity index (χ4v) is 4.36. The Morgan fingerprint density at radius 2 is 1.66 bits per heavy atom. The molecule has 29 heavy (non-hydrogen) atoms. The molecule has 0 saturated heterocycles. The van der Waals surface area contributed by atoms with Crippen LogP contribution in [-0.2, 0) is 12.8 Å². The van der Waals surface area contributed by atoms with Gasteiger partial charge >= 0.3 is 0 Å². The Bertz CT molecular complexity index is 1270. The first kappa shape index (κ1) is 17.7. The highest BCUT2D eigenvalue weighted by molar-refractivity contribution is 7.09. The maximum atomic E-state index is 4.99. The molecule has 3 nitrogen and oxygen atoms in total. The summed E-state index contributed by atoms with van der Waals surface area (Å²) in [5.41, 5.74) is 6.54. The predicted octanol–water partition coefficient (Wildman–Crippen LogP) is 3.86. The summed E-state index contributed by atoms with van der Waals surface area (Å²) in [5, 5.41) is 6.70. The van der Waals surface area contributed by atoms with Crippen LogP contribution in [0.15, 0.2) is 78.2 Å². The summed E-state index contributed by atoms with van der Waals surface area (Å²) in [4.78, 5) is 6.29. The average Bonchev–Trinajstić information content (AvgIpc) is 3.38. The van der Waals surface area contributed by atoms with Crippen LogP contribution in [0.5, 0.6) is 0 Å². The van der Waals surface area contributed by atoms with E-state index in [1.165, 1.54) is 10.4 Å². The largest absolute Gasteiger partial charge is 0.354 e. The van der Waals surface area contributed by atoms with Gasteiger partial charge in [-0.05, 0) is 22.6 Å². The Morgan fingerprint density at radius 3 is 2.38 bits per heavy atom. The van der Waals surface area contributed by atoms with Gasteiger partial charge in [0.1, 0.15) is 0 Å². The number of nitrogens with zero attached hydrogens (tertiary/aromatic N) is 2. The highest BCUT2D eigenvalue weighted by Crippen LogP contribution is 2.18. The third-order valence-electron chi connectivity index (χ3n) is 5.14. The van der Waals surface area contributed by atoms with Crippen LogP contribution in [0.3, 0.4) is 0 Å². The molecule has 4 heteroatoms. The maximum absolute atomic E-state index is 4.99. The molecule has 0 spiro atoms. The van der Waals surface area contributed by atoms with E-state index >= 15 is 0 Å². The first-order valence-corrected chi connectivity index (χ1v) is 10.6. The van der Waals surface area contributed by atoms with Crippen molar-refractivity contribution in [2.75, 3.05) is 0 Å². The predicted molar refractivity (Wildman–Crippen MR) is 121 cm³/mol. The Balaban J connectivity index is 1.63. The second-order valence-electron chi connectivity index (χ2n) is 7.13. The third-order valence-corrected chi connectivity index (χ3v) is 6.01. The molecule has 0 unspecified atom stereocenters. The Labute approximate surface area is 174 Å². The number of hydrogen-bond acceptors (Lipinski definition) is 3. The van der Waals surface area contributed by atoms with Gasteiger partial charge in [-0.25, -0.2) is 4.98 Å². The number of benzene rings is 2. The normalized spacial score (nSPS) is 13.0. The molecule has 0 aliphatic carbocycles. The number of fused-ring (bicyclic) bond motifs is 1. The van der Waals surface area contributed by atoms with E-state index < -0.39 is 0 Å². The summed E-state index contributed by atoms with van der Waals surface area (Å²) in [6, 6.07) is 25.1. The number of hydrogen-bond donors (Lipinski definition) is 1. The summed E-state index contributed by atoms with van der Waals surface area (Å²) < 4.78 is 2.14. The van der Waals surface area contributed by atoms with E-state index in [0.29, 0.717) is 0 Å². The fourth-order valence-electron chi connectivity index (χ4n) is 3.65. The van der Waals surface area contributed by atoms with Crippen molar-refractivity contribution in [3.05, 3.63) is 111 Å². The molecule has 1 aliphatic rings. The first-order valence-electron chi connectivity index (χ1n) is 9.68. The van der Waals surface area contributed by atoms with E-state index in [1.807, 2.05) is 12.1 Å². The van der Waals surface area contributed by atoms with Crippen LogP contribution in [0.4, 0.5) is 0 Å². The summed E-state index contributed by atoms with van der Waals surface area (Å²) in [6.45, 7) is 4.36. The van der Waals surface area contributed by atoms with Gasteiger partial charge in [-0.2, -0.15) is 0 Å². The van der Waals surface area contributed by atoms with E-state index in [2.05, 4.69) is 88.7 Å². The van der Waals surface area contributed by atoms with Gasteiger partial charge < -0.3 is 5.32 Å². The molecule has 3 heterocycles. The fraction of sp³-hybridized carbons (Fsp3) is 0.0800. The van der Waals surface area contributed by atoms with E-state index in [4.69, 9.17) is 4.98 Å². The minimum Gasteiger partial charge on any atom is -0.354 e. The molecule has 2 aromatic carbocycles. The molecule has 0 bridgehead atoms. The van der Waals surface area contributed by atoms with Gasteiger partial charge in [0.05, 0.1) is 22.4 Å². The molecular weight excluding hydrogens is 374 g/mol. The zero-order valence-electron chi connectivity index (χ0n) is 16.0. The van der Waals surface area contributed by atoms with Crippen molar-refractivity contribution in [3.8, 4) is 0 Å².